The van der Waals surface area contributed by atoms with E-state index < -0.39 is 0 Å². The van der Waals surface area contributed by atoms with Crippen LogP contribution < -0.4 is 16.6 Å². The van der Waals surface area contributed by atoms with Gasteiger partial charge in [0, 0.05) is 17.3 Å². The number of benzene rings is 1. The SMILES string of the molecule is CC(C)CCNc1ccc(Cl)cc1C(=O)NN. The number of nitrogens with two attached hydrogens (primary N) is 1. The van der Waals surface area contributed by atoms with Gasteiger partial charge in [-0.25, -0.2) is 5.84 Å². The Morgan fingerprint density at radius 2 is 2.18 bits per heavy atom. The van der Waals surface area contributed by atoms with Crippen LogP contribution in [0.4, 0.5) is 5.69 Å². The number of hydrogen-bond donors (Lipinski definition) is 3. The molecular formula is C12H18ClN3O. The molecule has 4 nitrogen and oxygen atoms in total. The van der Waals surface area contributed by atoms with E-state index in [1.807, 2.05) is 0 Å². The van der Waals surface area contributed by atoms with Crippen molar-refractivity contribution in [2.45, 2.75) is 20.3 Å². The van der Waals surface area contributed by atoms with E-state index in [9.17, 15) is 4.79 Å². The van der Waals surface area contributed by atoms with Crippen LogP contribution in [0, 0.1) is 5.92 Å². The van der Waals surface area contributed by atoms with Crippen LogP contribution in [0.15, 0.2) is 18.2 Å². The van der Waals surface area contributed by atoms with Crippen LogP contribution in [0.5, 0.6) is 0 Å². The predicted molar refractivity (Wildman–Crippen MR) is 71.1 cm³/mol. The Morgan fingerprint density at radius 3 is 2.76 bits per heavy atom. The molecular weight excluding hydrogens is 238 g/mol. The van der Waals surface area contributed by atoms with Crippen molar-refractivity contribution in [3.63, 3.8) is 0 Å². The maximum Gasteiger partial charge on any atom is 0.267 e. The lowest BCUT2D eigenvalue weighted by atomic mass is 10.1. The second kappa shape index (κ2) is 6.47. The van der Waals surface area contributed by atoms with Crippen LogP contribution in [-0.2, 0) is 0 Å². The Balaban J connectivity index is 2.79. The lowest BCUT2D eigenvalue weighted by Gasteiger charge is -2.12. The Morgan fingerprint density at radius 1 is 1.47 bits per heavy atom. The highest BCUT2D eigenvalue weighted by Gasteiger charge is 2.10. The molecule has 94 valence electrons. The van der Waals surface area contributed by atoms with Crippen molar-refractivity contribution in [1.29, 1.82) is 0 Å². The summed E-state index contributed by atoms with van der Waals surface area (Å²) in [6.45, 7) is 5.11. The van der Waals surface area contributed by atoms with E-state index in [1.54, 1.807) is 18.2 Å². The molecule has 0 aliphatic heterocycles. The standard InChI is InChI=1S/C12H18ClN3O/c1-8(2)5-6-15-11-4-3-9(13)7-10(11)12(17)16-14/h3-4,7-8,15H,5-6,14H2,1-2H3,(H,16,17). The smallest absolute Gasteiger partial charge is 0.267 e. The maximum atomic E-state index is 11.5. The van der Waals surface area contributed by atoms with Crippen molar-refractivity contribution in [2.24, 2.45) is 11.8 Å². The fraction of sp³-hybridized carbons (Fsp3) is 0.417. The molecule has 0 fully saturated rings. The average molecular weight is 256 g/mol. The molecule has 0 aromatic heterocycles. The molecule has 0 saturated carbocycles. The quantitative estimate of drug-likeness (QED) is 0.430. The molecule has 0 atom stereocenters. The zero-order chi connectivity index (χ0) is 12.8. The number of nitrogens with one attached hydrogen (secondary N) is 2. The van der Waals surface area contributed by atoms with Gasteiger partial charge in [-0.1, -0.05) is 25.4 Å². The van der Waals surface area contributed by atoms with Crippen LogP contribution in [0.2, 0.25) is 5.02 Å². The normalized spacial score (nSPS) is 10.4. The number of halogens is 1. The average Bonchev–Trinajstić information content (AvgIpc) is 2.29. The first-order valence-electron chi connectivity index (χ1n) is 5.59. The van der Waals surface area contributed by atoms with Gasteiger partial charge in [0.1, 0.15) is 0 Å². The van der Waals surface area contributed by atoms with Gasteiger partial charge < -0.3 is 5.32 Å². The highest BCUT2D eigenvalue weighted by molar-refractivity contribution is 6.31. The number of anilines is 1. The minimum Gasteiger partial charge on any atom is -0.384 e. The third-order valence-electron chi connectivity index (χ3n) is 2.39. The molecule has 0 spiro atoms. The summed E-state index contributed by atoms with van der Waals surface area (Å²) in [4.78, 5) is 11.5. The van der Waals surface area contributed by atoms with E-state index in [2.05, 4.69) is 24.6 Å². The van der Waals surface area contributed by atoms with Gasteiger partial charge in [-0.05, 0) is 30.5 Å². The summed E-state index contributed by atoms with van der Waals surface area (Å²) in [6, 6.07) is 5.13. The third kappa shape index (κ3) is 4.24. The van der Waals surface area contributed by atoms with Crippen molar-refractivity contribution < 1.29 is 4.79 Å². The molecule has 0 radical (unpaired) electrons. The summed E-state index contributed by atoms with van der Waals surface area (Å²) in [5.41, 5.74) is 3.32. The zero-order valence-corrected chi connectivity index (χ0v) is 10.8. The van der Waals surface area contributed by atoms with Crippen molar-refractivity contribution >= 4 is 23.2 Å². The van der Waals surface area contributed by atoms with E-state index in [0.717, 1.165) is 18.7 Å². The van der Waals surface area contributed by atoms with Gasteiger partial charge in [0.2, 0.25) is 0 Å². The van der Waals surface area contributed by atoms with Crippen molar-refractivity contribution in [2.75, 3.05) is 11.9 Å². The van der Waals surface area contributed by atoms with Gasteiger partial charge in [-0.2, -0.15) is 0 Å². The molecule has 4 N–H and O–H groups in total. The molecule has 0 aliphatic carbocycles. The number of nitrogen functional groups attached to an aromatic ring is 1. The molecule has 0 bridgehead atoms. The second-order valence-corrected chi connectivity index (χ2v) is 4.71. The third-order valence-corrected chi connectivity index (χ3v) is 2.63. The number of amides is 1. The topological polar surface area (TPSA) is 67.2 Å². The lowest BCUT2D eigenvalue weighted by molar-refractivity contribution is 0.0954. The Labute approximate surface area is 106 Å². The maximum absolute atomic E-state index is 11.5. The summed E-state index contributed by atoms with van der Waals surface area (Å²) in [7, 11) is 0. The molecule has 1 rings (SSSR count). The summed E-state index contributed by atoms with van der Waals surface area (Å²) >= 11 is 5.85. The Hall–Kier alpha value is -1.26. The van der Waals surface area contributed by atoms with Gasteiger partial charge >= 0.3 is 0 Å². The molecule has 0 heterocycles. The molecule has 17 heavy (non-hydrogen) atoms. The van der Waals surface area contributed by atoms with Crippen LogP contribution >= 0.6 is 11.6 Å². The second-order valence-electron chi connectivity index (χ2n) is 4.27. The van der Waals surface area contributed by atoms with Gasteiger partial charge in [0.05, 0.1) is 5.56 Å². The van der Waals surface area contributed by atoms with E-state index in [0.29, 0.717) is 16.5 Å². The van der Waals surface area contributed by atoms with E-state index in [1.165, 1.54) is 0 Å². The molecule has 0 saturated heterocycles. The number of carbonyl (C=O) groups is 1. The van der Waals surface area contributed by atoms with Crippen LogP contribution in [0.25, 0.3) is 0 Å². The minimum atomic E-state index is -0.348. The molecule has 5 heteroatoms. The number of carbonyl (C=O) groups excluding carboxylic acids is 1. The molecule has 1 amide bonds. The minimum absolute atomic E-state index is 0.348. The Bertz CT molecular complexity index is 393. The lowest BCUT2D eigenvalue weighted by Crippen LogP contribution is -2.30. The highest BCUT2D eigenvalue weighted by atomic mass is 35.5. The van der Waals surface area contributed by atoms with Crippen LogP contribution in [0.3, 0.4) is 0 Å². The van der Waals surface area contributed by atoms with Gasteiger partial charge in [0.15, 0.2) is 0 Å². The van der Waals surface area contributed by atoms with E-state index in [4.69, 9.17) is 17.4 Å². The van der Waals surface area contributed by atoms with Crippen molar-refractivity contribution in [1.82, 2.24) is 5.43 Å². The first-order valence-corrected chi connectivity index (χ1v) is 5.96. The monoisotopic (exact) mass is 255 g/mol. The zero-order valence-electron chi connectivity index (χ0n) is 10.1. The van der Waals surface area contributed by atoms with Gasteiger partial charge in [-0.15, -0.1) is 0 Å². The van der Waals surface area contributed by atoms with Gasteiger partial charge in [0.25, 0.3) is 5.91 Å². The first-order chi connectivity index (χ1) is 8.04. The fourth-order valence-electron chi connectivity index (χ4n) is 1.43. The number of hydrazine groups is 1. The molecule has 1 aromatic carbocycles. The number of hydrogen-bond acceptors (Lipinski definition) is 3. The summed E-state index contributed by atoms with van der Waals surface area (Å²) in [5, 5.41) is 3.72. The molecule has 0 unspecified atom stereocenters. The van der Waals surface area contributed by atoms with Crippen LogP contribution in [-0.4, -0.2) is 12.5 Å². The van der Waals surface area contributed by atoms with Crippen molar-refractivity contribution in [3.05, 3.63) is 28.8 Å². The highest BCUT2D eigenvalue weighted by Crippen LogP contribution is 2.20. The van der Waals surface area contributed by atoms with E-state index in [-0.39, 0.29) is 5.91 Å². The summed E-state index contributed by atoms with van der Waals surface area (Å²) in [5.74, 6) is 5.39. The molecule has 1 aromatic rings. The molecule has 0 aliphatic rings. The summed E-state index contributed by atoms with van der Waals surface area (Å²) in [6.07, 6.45) is 1.03. The Kier molecular flexibility index (Phi) is 5.25. The van der Waals surface area contributed by atoms with Crippen molar-refractivity contribution in [3.8, 4) is 0 Å². The van der Waals surface area contributed by atoms with Crippen LogP contribution in [0.1, 0.15) is 30.6 Å². The summed E-state index contributed by atoms with van der Waals surface area (Å²) < 4.78 is 0. The van der Waals surface area contributed by atoms with Gasteiger partial charge in [-0.3, -0.25) is 10.2 Å². The fourth-order valence-corrected chi connectivity index (χ4v) is 1.60. The largest absolute Gasteiger partial charge is 0.384 e. The van der Waals surface area contributed by atoms with E-state index >= 15 is 0 Å². The predicted octanol–water partition coefficient (Wildman–Crippen LogP) is 2.40. The number of rotatable bonds is 5. The first kappa shape index (κ1) is 13.8.